The molecule has 0 bridgehead atoms. The number of ether oxygens (including phenoxy) is 1. The number of nitrogens with zero attached hydrogens (tertiary/aromatic N) is 1. The average Bonchev–Trinajstić information content (AvgIpc) is 3.07. The number of thiazole rings is 1. The molecule has 5 nitrogen and oxygen atoms in total. The molecule has 2 N–H and O–H groups in total. The summed E-state index contributed by atoms with van der Waals surface area (Å²) in [7, 11) is 3.61. The predicted molar refractivity (Wildman–Crippen MR) is 92.6 cm³/mol. The lowest BCUT2D eigenvalue weighted by Gasteiger charge is -2.01. The van der Waals surface area contributed by atoms with E-state index >= 15 is 0 Å². The summed E-state index contributed by atoms with van der Waals surface area (Å²) in [5, 5.41) is 7.01. The summed E-state index contributed by atoms with van der Waals surface area (Å²) in [5.74, 6) is 0.827. The molecule has 2 heterocycles. The van der Waals surface area contributed by atoms with Crippen LogP contribution in [0, 0.1) is 13.8 Å². The van der Waals surface area contributed by atoms with E-state index in [0.29, 0.717) is 0 Å². The Labute approximate surface area is 138 Å². The van der Waals surface area contributed by atoms with Crippen LogP contribution in [0.15, 0.2) is 23.6 Å². The van der Waals surface area contributed by atoms with Gasteiger partial charge in [0.1, 0.15) is 18.0 Å². The SMILES string of the molecule is COc1ccc2c(c1)c(C(=O)CNc1[nH+]c(C)cs1)c(C)n2C. The van der Waals surface area contributed by atoms with Crippen molar-refractivity contribution in [3.63, 3.8) is 0 Å². The predicted octanol–water partition coefficient (Wildman–Crippen LogP) is 2.97. The lowest BCUT2D eigenvalue weighted by Crippen LogP contribution is -2.19. The molecule has 0 spiro atoms. The first-order chi connectivity index (χ1) is 11.0. The Morgan fingerprint density at radius 1 is 1.39 bits per heavy atom. The Hall–Kier alpha value is -2.34. The van der Waals surface area contributed by atoms with Gasteiger partial charge < -0.3 is 9.30 Å². The lowest BCUT2D eigenvalue weighted by molar-refractivity contribution is -0.364. The van der Waals surface area contributed by atoms with Crippen LogP contribution in [0.4, 0.5) is 5.13 Å². The summed E-state index contributed by atoms with van der Waals surface area (Å²) >= 11 is 1.56. The summed E-state index contributed by atoms with van der Waals surface area (Å²) < 4.78 is 7.34. The number of hydrogen-bond donors (Lipinski definition) is 1. The largest absolute Gasteiger partial charge is 0.497 e. The minimum atomic E-state index is 0.0702. The van der Waals surface area contributed by atoms with Gasteiger partial charge in [-0.2, -0.15) is 0 Å². The maximum absolute atomic E-state index is 12.7. The van der Waals surface area contributed by atoms with Gasteiger partial charge in [0.05, 0.1) is 12.7 Å². The van der Waals surface area contributed by atoms with Crippen molar-refractivity contribution in [2.24, 2.45) is 7.05 Å². The van der Waals surface area contributed by atoms with Crippen molar-refractivity contribution in [3.8, 4) is 5.75 Å². The van der Waals surface area contributed by atoms with Crippen LogP contribution in [-0.2, 0) is 7.05 Å². The van der Waals surface area contributed by atoms with E-state index in [4.69, 9.17) is 4.74 Å². The second-order valence-electron chi connectivity index (χ2n) is 5.55. The van der Waals surface area contributed by atoms with Crippen molar-refractivity contribution < 1.29 is 14.5 Å². The summed E-state index contributed by atoms with van der Waals surface area (Å²) in [4.78, 5) is 15.9. The van der Waals surface area contributed by atoms with Crippen molar-refractivity contribution in [3.05, 3.63) is 40.5 Å². The summed E-state index contributed by atoms with van der Waals surface area (Å²) in [6, 6.07) is 5.83. The van der Waals surface area contributed by atoms with Crippen LogP contribution in [0.5, 0.6) is 5.75 Å². The van der Waals surface area contributed by atoms with E-state index in [1.165, 1.54) is 0 Å². The second kappa shape index (κ2) is 6.04. The highest BCUT2D eigenvalue weighted by molar-refractivity contribution is 7.13. The summed E-state index contributed by atoms with van der Waals surface area (Å²) in [6.45, 7) is 4.22. The third kappa shape index (κ3) is 2.82. The minimum absolute atomic E-state index is 0.0702. The van der Waals surface area contributed by atoms with E-state index in [1.54, 1.807) is 18.4 Å². The molecule has 3 rings (SSSR count). The van der Waals surface area contributed by atoms with Gasteiger partial charge in [-0.25, -0.2) is 4.98 Å². The first kappa shape index (κ1) is 15.6. The number of H-pyrrole nitrogens is 1. The van der Waals surface area contributed by atoms with E-state index < -0.39 is 0 Å². The number of anilines is 1. The van der Waals surface area contributed by atoms with Crippen LogP contribution in [0.1, 0.15) is 21.7 Å². The Balaban J connectivity index is 1.94. The van der Waals surface area contributed by atoms with Crippen LogP contribution in [0.3, 0.4) is 0 Å². The molecule has 6 heteroatoms. The number of aryl methyl sites for hydroxylation is 2. The van der Waals surface area contributed by atoms with Gasteiger partial charge in [0.2, 0.25) is 5.78 Å². The number of carbonyl (C=O) groups excluding carboxylic acids is 1. The Morgan fingerprint density at radius 2 is 2.17 bits per heavy atom. The molecule has 0 unspecified atom stereocenters. The van der Waals surface area contributed by atoms with Gasteiger partial charge in [-0.3, -0.25) is 10.1 Å². The maximum atomic E-state index is 12.7. The van der Waals surface area contributed by atoms with Crippen molar-refractivity contribution in [1.82, 2.24) is 4.57 Å². The van der Waals surface area contributed by atoms with E-state index in [9.17, 15) is 4.79 Å². The van der Waals surface area contributed by atoms with Gasteiger partial charge in [-0.15, -0.1) is 0 Å². The Bertz CT molecular complexity index is 879. The zero-order valence-corrected chi connectivity index (χ0v) is 14.5. The number of Topliss-reactive ketones (excluding diaryl/α,β-unsaturated/α-hetero) is 1. The van der Waals surface area contributed by atoms with Crippen LogP contribution < -0.4 is 15.0 Å². The fourth-order valence-corrected chi connectivity index (χ4v) is 3.48. The van der Waals surface area contributed by atoms with E-state index in [0.717, 1.165) is 38.7 Å². The highest BCUT2D eigenvalue weighted by Gasteiger charge is 2.20. The number of benzene rings is 1. The third-order valence-electron chi connectivity index (χ3n) is 4.05. The van der Waals surface area contributed by atoms with Gasteiger partial charge in [0.25, 0.3) is 0 Å². The van der Waals surface area contributed by atoms with Crippen molar-refractivity contribution >= 4 is 33.2 Å². The highest BCUT2D eigenvalue weighted by atomic mass is 32.1. The van der Waals surface area contributed by atoms with Crippen LogP contribution in [0.25, 0.3) is 10.9 Å². The smallest absolute Gasteiger partial charge is 0.332 e. The fourth-order valence-electron chi connectivity index (χ4n) is 2.75. The molecule has 0 amide bonds. The molecule has 0 aliphatic rings. The molecule has 23 heavy (non-hydrogen) atoms. The van der Waals surface area contributed by atoms with E-state index in [2.05, 4.69) is 10.3 Å². The van der Waals surface area contributed by atoms with Crippen molar-refractivity contribution in [1.29, 1.82) is 0 Å². The molecule has 0 saturated heterocycles. The number of ketones is 1. The molecule has 0 atom stereocenters. The van der Waals surface area contributed by atoms with Gasteiger partial charge in [0.15, 0.2) is 0 Å². The molecular formula is C17H20N3O2S+. The number of aromatic nitrogens is 2. The average molecular weight is 330 g/mol. The first-order valence-corrected chi connectivity index (χ1v) is 8.26. The molecule has 1 aromatic carbocycles. The van der Waals surface area contributed by atoms with Crippen LogP contribution >= 0.6 is 11.3 Å². The topological polar surface area (TPSA) is 57.4 Å². The number of fused-ring (bicyclic) bond motifs is 1. The molecule has 0 fully saturated rings. The van der Waals surface area contributed by atoms with Crippen molar-refractivity contribution in [2.45, 2.75) is 13.8 Å². The molecule has 0 aliphatic carbocycles. The number of rotatable bonds is 5. The number of carbonyl (C=O) groups is 1. The van der Waals surface area contributed by atoms with Gasteiger partial charge in [-0.05, 0) is 32.0 Å². The minimum Gasteiger partial charge on any atom is -0.497 e. The maximum Gasteiger partial charge on any atom is 0.332 e. The molecular weight excluding hydrogens is 310 g/mol. The lowest BCUT2D eigenvalue weighted by atomic mass is 10.1. The normalized spacial score (nSPS) is 11.0. The monoisotopic (exact) mass is 330 g/mol. The van der Waals surface area contributed by atoms with Gasteiger partial charge in [-0.1, -0.05) is 11.3 Å². The third-order valence-corrected chi connectivity index (χ3v) is 5.01. The summed E-state index contributed by atoms with van der Waals surface area (Å²) in [5.41, 5.74) is 3.83. The van der Waals surface area contributed by atoms with Gasteiger partial charge >= 0.3 is 5.13 Å². The van der Waals surface area contributed by atoms with Gasteiger partial charge in [0, 0.05) is 29.0 Å². The molecule has 2 aromatic heterocycles. The van der Waals surface area contributed by atoms with Crippen molar-refractivity contribution in [2.75, 3.05) is 19.0 Å². The number of methoxy groups -OCH3 is 1. The number of hydrogen-bond acceptors (Lipinski definition) is 4. The molecule has 120 valence electrons. The molecule has 3 aromatic rings. The molecule has 0 aliphatic heterocycles. The Kier molecular flexibility index (Phi) is 4.09. The zero-order valence-electron chi connectivity index (χ0n) is 13.7. The zero-order chi connectivity index (χ0) is 16.6. The Morgan fingerprint density at radius 3 is 2.83 bits per heavy atom. The number of aromatic amines is 1. The first-order valence-electron chi connectivity index (χ1n) is 7.38. The standard InChI is InChI=1S/C17H19N3O2S/c1-10-9-23-17(19-10)18-8-15(21)16-11(2)20(3)14-6-5-12(22-4)7-13(14)16/h5-7,9H,8H2,1-4H3,(H,18,19)/p+1. The quantitative estimate of drug-likeness (QED) is 0.732. The second-order valence-corrected chi connectivity index (χ2v) is 6.43. The van der Waals surface area contributed by atoms with Crippen LogP contribution in [0.2, 0.25) is 0 Å². The molecule has 0 radical (unpaired) electrons. The number of nitrogens with one attached hydrogen (secondary N) is 2. The molecule has 0 saturated carbocycles. The highest BCUT2D eigenvalue weighted by Crippen LogP contribution is 2.29. The fraction of sp³-hybridized carbons (Fsp3) is 0.294. The summed E-state index contributed by atoms with van der Waals surface area (Å²) in [6.07, 6.45) is 0. The van der Waals surface area contributed by atoms with E-state index in [-0.39, 0.29) is 12.3 Å². The van der Waals surface area contributed by atoms with Crippen LogP contribution in [-0.4, -0.2) is 24.0 Å². The van der Waals surface area contributed by atoms with E-state index in [1.807, 2.05) is 49.0 Å².